The highest BCUT2D eigenvalue weighted by Gasteiger charge is 2.11. The first-order valence-corrected chi connectivity index (χ1v) is 8.49. The van der Waals surface area contributed by atoms with Gasteiger partial charge in [0.05, 0.1) is 0 Å². The normalized spacial score (nSPS) is 10.7. The van der Waals surface area contributed by atoms with E-state index in [1.54, 1.807) is 12.3 Å². The SMILES string of the molecule is Cc1cc(-c2nc3ncccc3o2)ccc1NC(=O)COc1ccccc1. The van der Waals surface area contributed by atoms with Crippen LogP contribution in [0.1, 0.15) is 5.56 Å². The molecule has 0 radical (unpaired) electrons. The largest absolute Gasteiger partial charge is 0.484 e. The molecule has 1 amide bonds. The van der Waals surface area contributed by atoms with Crippen LogP contribution in [0.15, 0.2) is 71.3 Å². The Morgan fingerprint density at radius 1 is 1.11 bits per heavy atom. The molecule has 0 fully saturated rings. The summed E-state index contributed by atoms with van der Waals surface area (Å²) in [6.45, 7) is 1.86. The molecule has 0 aliphatic rings. The first kappa shape index (κ1) is 16.8. The van der Waals surface area contributed by atoms with E-state index in [2.05, 4.69) is 15.3 Å². The molecule has 0 atom stereocenters. The van der Waals surface area contributed by atoms with E-state index >= 15 is 0 Å². The lowest BCUT2D eigenvalue weighted by molar-refractivity contribution is -0.118. The second kappa shape index (κ2) is 7.29. The summed E-state index contributed by atoms with van der Waals surface area (Å²) < 4.78 is 11.2. The lowest BCUT2D eigenvalue weighted by Crippen LogP contribution is -2.20. The zero-order valence-corrected chi connectivity index (χ0v) is 14.7. The summed E-state index contributed by atoms with van der Waals surface area (Å²) in [5.74, 6) is 0.933. The molecular weight excluding hydrogens is 342 g/mol. The van der Waals surface area contributed by atoms with Crippen molar-refractivity contribution in [2.45, 2.75) is 6.92 Å². The van der Waals surface area contributed by atoms with Gasteiger partial charge in [0.25, 0.3) is 5.91 Å². The summed E-state index contributed by atoms with van der Waals surface area (Å²) in [7, 11) is 0. The van der Waals surface area contributed by atoms with Crippen LogP contribution in [0.3, 0.4) is 0 Å². The van der Waals surface area contributed by atoms with Crippen molar-refractivity contribution in [3.05, 3.63) is 72.4 Å². The molecule has 0 unspecified atom stereocenters. The number of nitrogens with zero attached hydrogens (tertiary/aromatic N) is 2. The van der Waals surface area contributed by atoms with Crippen LogP contribution in [0.25, 0.3) is 22.7 Å². The molecule has 2 aromatic carbocycles. The molecule has 0 bridgehead atoms. The second-order valence-corrected chi connectivity index (χ2v) is 6.02. The van der Waals surface area contributed by atoms with E-state index in [0.717, 1.165) is 16.8 Å². The number of nitrogens with one attached hydrogen (secondary N) is 1. The Labute approximate surface area is 155 Å². The number of ether oxygens (including phenoxy) is 1. The number of hydrogen-bond donors (Lipinski definition) is 1. The third-order valence-corrected chi connectivity index (χ3v) is 4.03. The number of benzene rings is 2. The summed E-state index contributed by atoms with van der Waals surface area (Å²) in [6.07, 6.45) is 1.68. The Balaban J connectivity index is 1.46. The molecular formula is C21H17N3O3. The number of carbonyl (C=O) groups excluding carboxylic acids is 1. The number of rotatable bonds is 5. The molecule has 2 aromatic heterocycles. The zero-order valence-electron chi connectivity index (χ0n) is 14.7. The quantitative estimate of drug-likeness (QED) is 0.577. The minimum absolute atomic E-state index is 0.0536. The van der Waals surface area contributed by atoms with Crippen molar-refractivity contribution in [3.63, 3.8) is 0 Å². The zero-order chi connectivity index (χ0) is 18.6. The number of hydrogen-bond acceptors (Lipinski definition) is 5. The topological polar surface area (TPSA) is 77.3 Å². The number of carbonyl (C=O) groups is 1. The minimum atomic E-state index is -0.222. The average Bonchev–Trinajstić information content (AvgIpc) is 3.13. The molecule has 0 saturated carbocycles. The van der Waals surface area contributed by atoms with Gasteiger partial charge < -0.3 is 14.5 Å². The maximum absolute atomic E-state index is 12.1. The monoisotopic (exact) mass is 359 g/mol. The summed E-state index contributed by atoms with van der Waals surface area (Å²) in [5.41, 5.74) is 3.65. The fourth-order valence-electron chi connectivity index (χ4n) is 2.68. The van der Waals surface area contributed by atoms with Gasteiger partial charge in [-0.25, -0.2) is 4.98 Å². The van der Waals surface area contributed by atoms with E-state index in [-0.39, 0.29) is 12.5 Å². The Bertz CT molecular complexity index is 1060. The Hall–Kier alpha value is -3.67. The van der Waals surface area contributed by atoms with Crippen molar-refractivity contribution in [3.8, 4) is 17.2 Å². The standard InChI is InChI=1S/C21H17N3O3/c1-14-12-15(21-24-20-18(27-21)8-5-11-22-20)9-10-17(14)23-19(25)13-26-16-6-3-2-4-7-16/h2-12H,13H2,1H3,(H,23,25). The molecule has 6 heteroatoms. The molecule has 6 nitrogen and oxygen atoms in total. The predicted molar refractivity (Wildman–Crippen MR) is 103 cm³/mol. The van der Waals surface area contributed by atoms with Gasteiger partial charge >= 0.3 is 0 Å². The number of aryl methyl sites for hydroxylation is 1. The molecule has 2 heterocycles. The van der Waals surface area contributed by atoms with E-state index < -0.39 is 0 Å². The van der Waals surface area contributed by atoms with Crippen molar-refractivity contribution in [2.75, 3.05) is 11.9 Å². The maximum Gasteiger partial charge on any atom is 0.262 e. The van der Waals surface area contributed by atoms with Crippen LogP contribution in [-0.2, 0) is 4.79 Å². The Morgan fingerprint density at radius 2 is 1.96 bits per heavy atom. The van der Waals surface area contributed by atoms with Crippen LogP contribution in [-0.4, -0.2) is 22.5 Å². The lowest BCUT2D eigenvalue weighted by Gasteiger charge is -2.10. The molecule has 27 heavy (non-hydrogen) atoms. The van der Waals surface area contributed by atoms with Crippen LogP contribution in [0, 0.1) is 6.92 Å². The second-order valence-electron chi connectivity index (χ2n) is 6.02. The maximum atomic E-state index is 12.1. The highest BCUT2D eigenvalue weighted by molar-refractivity contribution is 5.93. The summed E-state index contributed by atoms with van der Waals surface area (Å²) >= 11 is 0. The Morgan fingerprint density at radius 3 is 2.74 bits per heavy atom. The van der Waals surface area contributed by atoms with Crippen LogP contribution in [0.2, 0.25) is 0 Å². The molecule has 4 rings (SSSR count). The number of anilines is 1. The van der Waals surface area contributed by atoms with Gasteiger partial charge in [-0.05, 0) is 55.0 Å². The molecule has 0 spiro atoms. The van der Waals surface area contributed by atoms with E-state index in [9.17, 15) is 4.79 Å². The number of fused-ring (bicyclic) bond motifs is 1. The van der Waals surface area contributed by atoms with Crippen LogP contribution in [0.4, 0.5) is 5.69 Å². The van der Waals surface area contributed by atoms with Gasteiger partial charge in [-0.3, -0.25) is 4.79 Å². The molecule has 134 valence electrons. The van der Waals surface area contributed by atoms with Crippen molar-refractivity contribution in [1.29, 1.82) is 0 Å². The van der Waals surface area contributed by atoms with Gasteiger partial charge in [0, 0.05) is 17.4 Å². The molecule has 0 aliphatic heterocycles. The predicted octanol–water partition coefficient (Wildman–Crippen LogP) is 4.22. The fourth-order valence-corrected chi connectivity index (χ4v) is 2.68. The summed E-state index contributed by atoms with van der Waals surface area (Å²) in [6, 6.07) is 18.5. The number of oxazole rings is 1. The van der Waals surface area contributed by atoms with E-state index in [4.69, 9.17) is 9.15 Å². The third kappa shape index (κ3) is 3.79. The van der Waals surface area contributed by atoms with Crippen LogP contribution in [0.5, 0.6) is 5.75 Å². The van der Waals surface area contributed by atoms with Crippen LogP contribution >= 0.6 is 0 Å². The first-order chi connectivity index (χ1) is 13.2. The number of amides is 1. The van der Waals surface area contributed by atoms with E-state index in [1.807, 2.05) is 61.5 Å². The Kier molecular flexibility index (Phi) is 4.53. The van der Waals surface area contributed by atoms with Crippen molar-refractivity contribution in [1.82, 2.24) is 9.97 Å². The third-order valence-electron chi connectivity index (χ3n) is 4.03. The van der Waals surface area contributed by atoms with Crippen molar-refractivity contribution in [2.24, 2.45) is 0 Å². The minimum Gasteiger partial charge on any atom is -0.484 e. The van der Waals surface area contributed by atoms with E-state index in [0.29, 0.717) is 22.9 Å². The summed E-state index contributed by atoms with van der Waals surface area (Å²) in [5, 5.41) is 2.86. The van der Waals surface area contributed by atoms with Gasteiger partial charge in [0.15, 0.2) is 17.8 Å². The first-order valence-electron chi connectivity index (χ1n) is 8.49. The van der Waals surface area contributed by atoms with Crippen LogP contribution < -0.4 is 10.1 Å². The molecule has 0 saturated heterocycles. The molecule has 4 aromatic rings. The smallest absolute Gasteiger partial charge is 0.262 e. The van der Waals surface area contributed by atoms with E-state index in [1.165, 1.54) is 0 Å². The van der Waals surface area contributed by atoms with Gasteiger partial charge in [-0.1, -0.05) is 18.2 Å². The summed E-state index contributed by atoms with van der Waals surface area (Å²) in [4.78, 5) is 20.7. The highest BCUT2D eigenvalue weighted by atomic mass is 16.5. The number of pyridine rings is 1. The van der Waals surface area contributed by atoms with Gasteiger partial charge in [0.2, 0.25) is 5.89 Å². The average molecular weight is 359 g/mol. The van der Waals surface area contributed by atoms with Gasteiger partial charge in [-0.15, -0.1) is 0 Å². The van der Waals surface area contributed by atoms with Crippen molar-refractivity contribution >= 4 is 22.8 Å². The highest BCUT2D eigenvalue weighted by Crippen LogP contribution is 2.26. The van der Waals surface area contributed by atoms with Gasteiger partial charge in [-0.2, -0.15) is 4.98 Å². The molecule has 1 N–H and O–H groups in total. The van der Waals surface area contributed by atoms with Crippen molar-refractivity contribution < 1.29 is 13.9 Å². The fraction of sp³-hybridized carbons (Fsp3) is 0.0952. The lowest BCUT2D eigenvalue weighted by atomic mass is 10.1. The molecule has 0 aliphatic carbocycles. The number of aromatic nitrogens is 2. The number of para-hydroxylation sites is 1. The van der Waals surface area contributed by atoms with Gasteiger partial charge in [0.1, 0.15) is 5.75 Å².